The Morgan fingerprint density at radius 3 is 3.00 bits per heavy atom. The van der Waals surface area contributed by atoms with Crippen LogP contribution in [0.4, 0.5) is 11.5 Å². The van der Waals surface area contributed by atoms with Gasteiger partial charge in [-0.05, 0) is 18.6 Å². The summed E-state index contributed by atoms with van der Waals surface area (Å²) in [5, 5.41) is 5.89. The fraction of sp³-hybridized carbons (Fsp3) is 0.417. The SMILES string of the molecule is COC(=O)c1ccc(N)c(NC2CCC(=O)NC2)n1. The summed E-state index contributed by atoms with van der Waals surface area (Å²) in [6.45, 7) is 0.516. The van der Waals surface area contributed by atoms with Crippen molar-refractivity contribution >= 4 is 23.4 Å². The van der Waals surface area contributed by atoms with Crippen molar-refractivity contribution in [2.75, 3.05) is 24.7 Å². The number of hydrogen-bond donors (Lipinski definition) is 3. The Kier molecular flexibility index (Phi) is 3.84. The average molecular weight is 264 g/mol. The maximum absolute atomic E-state index is 11.4. The Morgan fingerprint density at radius 2 is 2.37 bits per heavy atom. The first kappa shape index (κ1) is 13.1. The van der Waals surface area contributed by atoms with Crippen LogP contribution in [-0.4, -0.2) is 36.6 Å². The van der Waals surface area contributed by atoms with Gasteiger partial charge in [-0.2, -0.15) is 0 Å². The number of nitrogen functional groups attached to an aromatic ring is 1. The van der Waals surface area contributed by atoms with Crippen LogP contribution in [0, 0.1) is 0 Å². The molecule has 1 aromatic heterocycles. The van der Waals surface area contributed by atoms with E-state index in [0.29, 0.717) is 30.9 Å². The summed E-state index contributed by atoms with van der Waals surface area (Å²) in [5.41, 5.74) is 6.45. The summed E-state index contributed by atoms with van der Waals surface area (Å²) in [7, 11) is 1.30. The van der Waals surface area contributed by atoms with Gasteiger partial charge < -0.3 is 21.1 Å². The molecule has 2 heterocycles. The largest absolute Gasteiger partial charge is 0.464 e. The van der Waals surface area contributed by atoms with E-state index in [0.717, 1.165) is 0 Å². The average Bonchev–Trinajstić information content (AvgIpc) is 2.43. The van der Waals surface area contributed by atoms with E-state index < -0.39 is 5.97 Å². The number of carbonyl (C=O) groups excluding carboxylic acids is 2. The lowest BCUT2D eigenvalue weighted by molar-refractivity contribution is -0.122. The fourth-order valence-corrected chi connectivity index (χ4v) is 1.85. The van der Waals surface area contributed by atoms with E-state index in [1.54, 1.807) is 6.07 Å². The highest BCUT2D eigenvalue weighted by atomic mass is 16.5. The Labute approximate surface area is 110 Å². The summed E-state index contributed by atoms with van der Waals surface area (Å²) in [4.78, 5) is 26.6. The van der Waals surface area contributed by atoms with E-state index in [-0.39, 0.29) is 17.6 Å². The van der Waals surface area contributed by atoms with Crippen molar-refractivity contribution in [1.82, 2.24) is 10.3 Å². The van der Waals surface area contributed by atoms with E-state index in [1.165, 1.54) is 13.2 Å². The zero-order valence-electron chi connectivity index (χ0n) is 10.6. The maximum Gasteiger partial charge on any atom is 0.356 e. The minimum atomic E-state index is -0.514. The summed E-state index contributed by atoms with van der Waals surface area (Å²) >= 11 is 0. The predicted octanol–water partition coefficient (Wildman–Crippen LogP) is 0.141. The third-order valence-electron chi connectivity index (χ3n) is 2.93. The fourth-order valence-electron chi connectivity index (χ4n) is 1.85. The molecule has 0 bridgehead atoms. The van der Waals surface area contributed by atoms with Crippen LogP contribution < -0.4 is 16.4 Å². The van der Waals surface area contributed by atoms with E-state index >= 15 is 0 Å². The van der Waals surface area contributed by atoms with Gasteiger partial charge >= 0.3 is 5.97 Å². The number of anilines is 2. The second-order valence-electron chi connectivity index (χ2n) is 4.31. The number of aromatic nitrogens is 1. The van der Waals surface area contributed by atoms with Gasteiger partial charge in [-0.3, -0.25) is 4.79 Å². The first-order valence-corrected chi connectivity index (χ1v) is 5.98. The van der Waals surface area contributed by atoms with Crippen molar-refractivity contribution in [1.29, 1.82) is 0 Å². The van der Waals surface area contributed by atoms with Crippen LogP contribution in [0.3, 0.4) is 0 Å². The van der Waals surface area contributed by atoms with Crippen molar-refractivity contribution in [2.24, 2.45) is 0 Å². The van der Waals surface area contributed by atoms with Gasteiger partial charge in [-0.15, -0.1) is 0 Å². The molecule has 7 nitrogen and oxygen atoms in total. The van der Waals surface area contributed by atoms with Crippen molar-refractivity contribution in [3.05, 3.63) is 17.8 Å². The molecule has 2 rings (SSSR count). The van der Waals surface area contributed by atoms with E-state index in [1.807, 2.05) is 0 Å². The molecule has 0 radical (unpaired) electrons. The van der Waals surface area contributed by atoms with Crippen LogP contribution in [0.25, 0.3) is 0 Å². The first-order chi connectivity index (χ1) is 9.10. The molecule has 0 aromatic carbocycles. The molecule has 1 fully saturated rings. The number of nitrogens with zero attached hydrogens (tertiary/aromatic N) is 1. The van der Waals surface area contributed by atoms with Crippen LogP contribution in [0.5, 0.6) is 0 Å². The Balaban J connectivity index is 2.10. The lowest BCUT2D eigenvalue weighted by atomic mass is 10.1. The Bertz CT molecular complexity index is 494. The van der Waals surface area contributed by atoms with E-state index in [2.05, 4.69) is 20.4 Å². The van der Waals surface area contributed by atoms with Gasteiger partial charge in [-0.1, -0.05) is 0 Å². The summed E-state index contributed by atoms with van der Waals surface area (Å²) < 4.78 is 4.61. The minimum absolute atomic E-state index is 0.0438. The lowest BCUT2D eigenvalue weighted by Crippen LogP contribution is -2.42. The molecule has 19 heavy (non-hydrogen) atoms. The van der Waals surface area contributed by atoms with Crippen LogP contribution in [-0.2, 0) is 9.53 Å². The number of pyridine rings is 1. The molecule has 1 aliphatic heterocycles. The third-order valence-corrected chi connectivity index (χ3v) is 2.93. The van der Waals surface area contributed by atoms with Gasteiger partial charge in [-0.25, -0.2) is 9.78 Å². The highest BCUT2D eigenvalue weighted by Gasteiger charge is 2.19. The standard InChI is InChI=1S/C12H16N4O3/c1-19-12(18)9-4-3-8(13)11(16-9)15-7-2-5-10(17)14-6-7/h3-4,7H,2,5-6,13H2,1H3,(H,14,17)(H,15,16). The van der Waals surface area contributed by atoms with Gasteiger partial charge in [0.15, 0.2) is 5.69 Å². The Hall–Kier alpha value is -2.31. The molecule has 0 aliphatic carbocycles. The zero-order valence-corrected chi connectivity index (χ0v) is 10.6. The number of hydrogen-bond acceptors (Lipinski definition) is 6. The van der Waals surface area contributed by atoms with Crippen molar-refractivity contribution in [3.63, 3.8) is 0 Å². The first-order valence-electron chi connectivity index (χ1n) is 5.98. The van der Waals surface area contributed by atoms with Gasteiger partial charge in [0.1, 0.15) is 5.82 Å². The van der Waals surface area contributed by atoms with Crippen LogP contribution in [0.2, 0.25) is 0 Å². The number of piperidine rings is 1. The molecule has 1 atom stereocenters. The number of nitrogens with one attached hydrogen (secondary N) is 2. The molecule has 1 aliphatic rings. The predicted molar refractivity (Wildman–Crippen MR) is 69.6 cm³/mol. The molecule has 4 N–H and O–H groups in total. The molecule has 1 amide bonds. The molecule has 7 heteroatoms. The van der Waals surface area contributed by atoms with E-state index in [9.17, 15) is 9.59 Å². The lowest BCUT2D eigenvalue weighted by Gasteiger charge is -2.24. The topological polar surface area (TPSA) is 106 Å². The smallest absolute Gasteiger partial charge is 0.356 e. The summed E-state index contributed by atoms with van der Waals surface area (Å²) in [5.74, 6) is -0.0358. The summed E-state index contributed by atoms with van der Waals surface area (Å²) in [6.07, 6.45) is 1.17. The van der Waals surface area contributed by atoms with Crippen molar-refractivity contribution in [2.45, 2.75) is 18.9 Å². The highest BCUT2D eigenvalue weighted by molar-refractivity contribution is 5.88. The number of methoxy groups -OCH3 is 1. The molecule has 1 unspecified atom stereocenters. The number of esters is 1. The molecule has 102 valence electrons. The van der Waals surface area contributed by atoms with Crippen molar-refractivity contribution < 1.29 is 14.3 Å². The van der Waals surface area contributed by atoms with Crippen LogP contribution in [0.1, 0.15) is 23.3 Å². The normalized spacial score (nSPS) is 18.6. The molecule has 1 saturated heterocycles. The molecule has 0 saturated carbocycles. The second-order valence-corrected chi connectivity index (χ2v) is 4.31. The number of carbonyl (C=O) groups is 2. The number of rotatable bonds is 3. The van der Waals surface area contributed by atoms with Gasteiger partial charge in [0.05, 0.1) is 12.8 Å². The van der Waals surface area contributed by atoms with Crippen molar-refractivity contribution in [3.8, 4) is 0 Å². The monoisotopic (exact) mass is 264 g/mol. The number of nitrogens with two attached hydrogens (primary N) is 1. The Morgan fingerprint density at radius 1 is 1.58 bits per heavy atom. The molecular formula is C12H16N4O3. The van der Waals surface area contributed by atoms with Crippen LogP contribution in [0.15, 0.2) is 12.1 Å². The number of amides is 1. The molecule has 1 aromatic rings. The maximum atomic E-state index is 11.4. The van der Waals surface area contributed by atoms with Gasteiger partial charge in [0.2, 0.25) is 5.91 Å². The second kappa shape index (κ2) is 5.55. The highest BCUT2D eigenvalue weighted by Crippen LogP contribution is 2.19. The minimum Gasteiger partial charge on any atom is -0.464 e. The number of ether oxygens (including phenoxy) is 1. The van der Waals surface area contributed by atoms with Crippen LogP contribution >= 0.6 is 0 Å². The van der Waals surface area contributed by atoms with Gasteiger partial charge in [0, 0.05) is 19.0 Å². The molecule has 0 spiro atoms. The van der Waals surface area contributed by atoms with Gasteiger partial charge in [0.25, 0.3) is 0 Å². The quantitative estimate of drug-likeness (QED) is 0.670. The zero-order chi connectivity index (χ0) is 13.8. The summed E-state index contributed by atoms with van der Waals surface area (Å²) in [6, 6.07) is 3.17. The third kappa shape index (κ3) is 3.12. The molecular weight excluding hydrogens is 248 g/mol. The van der Waals surface area contributed by atoms with E-state index in [4.69, 9.17) is 5.73 Å².